The number of thiazole rings is 1. The minimum Gasteiger partial charge on any atom is -0.332 e. The maximum Gasteiger partial charge on any atom is 0.416 e. The van der Waals surface area contributed by atoms with Gasteiger partial charge in [-0.15, -0.1) is 12.4 Å². The first-order valence-electron chi connectivity index (χ1n) is 5.67. The smallest absolute Gasteiger partial charge is 0.332 e. The summed E-state index contributed by atoms with van der Waals surface area (Å²) in [4.78, 5) is 8.21. The molecule has 0 aliphatic heterocycles. The van der Waals surface area contributed by atoms with E-state index in [9.17, 15) is 13.2 Å². The van der Waals surface area contributed by atoms with Gasteiger partial charge < -0.3 is 5.32 Å². The maximum absolute atomic E-state index is 12.6. The van der Waals surface area contributed by atoms with Gasteiger partial charge in [-0.25, -0.2) is 4.98 Å². The Kier molecular flexibility index (Phi) is 4.34. The van der Waals surface area contributed by atoms with Crippen molar-refractivity contribution in [2.24, 2.45) is 0 Å². The number of hydrogen-bond donors (Lipinski definition) is 1. The molecule has 3 rings (SSSR count). The van der Waals surface area contributed by atoms with Gasteiger partial charge in [0.25, 0.3) is 0 Å². The molecule has 1 N–H and O–H groups in total. The summed E-state index contributed by atoms with van der Waals surface area (Å²) in [7, 11) is 0. The molecule has 2 aromatic heterocycles. The van der Waals surface area contributed by atoms with Crippen LogP contribution in [0.25, 0.3) is 10.2 Å². The van der Waals surface area contributed by atoms with Gasteiger partial charge in [-0.3, -0.25) is 4.98 Å². The van der Waals surface area contributed by atoms with E-state index in [0.717, 1.165) is 16.8 Å². The lowest BCUT2D eigenvalue weighted by Crippen LogP contribution is -2.05. The quantitative estimate of drug-likeness (QED) is 0.727. The Labute approximate surface area is 128 Å². The monoisotopic (exact) mass is 331 g/mol. The van der Waals surface area contributed by atoms with Gasteiger partial charge in [0.2, 0.25) is 0 Å². The zero-order valence-electron chi connectivity index (χ0n) is 10.4. The van der Waals surface area contributed by atoms with Crippen molar-refractivity contribution >= 4 is 44.8 Å². The molecule has 8 heteroatoms. The molecular weight excluding hydrogens is 323 g/mol. The van der Waals surface area contributed by atoms with Crippen LogP contribution in [0.3, 0.4) is 0 Å². The molecule has 110 valence electrons. The van der Waals surface area contributed by atoms with Crippen LogP contribution in [0, 0.1) is 0 Å². The standard InChI is InChI=1S/C13H8F3N3S.ClH/c14-13(15,16)8-2-1-3-9(6-8)18-12-19-10-7-17-5-4-11(10)20-12;/h1-7H,(H,18,19);1H. The van der Waals surface area contributed by atoms with Gasteiger partial charge >= 0.3 is 6.18 Å². The van der Waals surface area contributed by atoms with Gasteiger partial charge in [0, 0.05) is 11.9 Å². The zero-order valence-corrected chi connectivity index (χ0v) is 12.0. The molecule has 0 atom stereocenters. The first-order chi connectivity index (χ1) is 9.52. The Morgan fingerprint density at radius 2 is 1.95 bits per heavy atom. The van der Waals surface area contributed by atoms with E-state index >= 15 is 0 Å². The van der Waals surface area contributed by atoms with Crippen molar-refractivity contribution in [1.82, 2.24) is 9.97 Å². The summed E-state index contributed by atoms with van der Waals surface area (Å²) in [6, 6.07) is 6.83. The van der Waals surface area contributed by atoms with Crippen LogP contribution in [-0.4, -0.2) is 9.97 Å². The van der Waals surface area contributed by atoms with Crippen LogP contribution in [0.15, 0.2) is 42.7 Å². The molecule has 0 saturated carbocycles. The van der Waals surface area contributed by atoms with Crippen molar-refractivity contribution in [3.8, 4) is 0 Å². The first kappa shape index (κ1) is 15.5. The molecule has 0 spiro atoms. The van der Waals surface area contributed by atoms with Crippen molar-refractivity contribution in [2.45, 2.75) is 6.18 Å². The number of hydrogen-bond acceptors (Lipinski definition) is 4. The SMILES string of the molecule is Cl.FC(F)(F)c1cccc(Nc2nc3cnccc3s2)c1. The van der Waals surface area contributed by atoms with Gasteiger partial charge in [0.1, 0.15) is 5.52 Å². The third-order valence-electron chi connectivity index (χ3n) is 2.63. The highest BCUT2D eigenvalue weighted by molar-refractivity contribution is 7.22. The second kappa shape index (κ2) is 5.87. The van der Waals surface area contributed by atoms with Crippen LogP contribution in [0.5, 0.6) is 0 Å². The number of nitrogens with zero attached hydrogens (tertiary/aromatic N) is 2. The van der Waals surface area contributed by atoms with Crippen molar-refractivity contribution in [3.05, 3.63) is 48.3 Å². The summed E-state index contributed by atoms with van der Waals surface area (Å²) < 4.78 is 38.8. The van der Waals surface area contributed by atoms with Crippen LogP contribution < -0.4 is 5.32 Å². The number of anilines is 2. The fourth-order valence-corrected chi connectivity index (χ4v) is 2.58. The molecule has 0 aliphatic rings. The minimum atomic E-state index is -4.35. The van der Waals surface area contributed by atoms with Crippen LogP contribution in [0.1, 0.15) is 5.56 Å². The molecule has 0 saturated heterocycles. The number of benzene rings is 1. The summed E-state index contributed by atoms with van der Waals surface area (Å²) in [5.74, 6) is 0. The fraction of sp³-hybridized carbons (Fsp3) is 0.0769. The lowest BCUT2D eigenvalue weighted by Gasteiger charge is -2.08. The second-order valence-electron chi connectivity index (χ2n) is 4.07. The van der Waals surface area contributed by atoms with E-state index in [1.807, 2.05) is 6.07 Å². The Morgan fingerprint density at radius 3 is 2.67 bits per heavy atom. The predicted octanol–water partition coefficient (Wildman–Crippen LogP) is 4.88. The second-order valence-corrected chi connectivity index (χ2v) is 5.10. The molecule has 2 heterocycles. The number of alkyl halides is 3. The van der Waals surface area contributed by atoms with Crippen molar-refractivity contribution < 1.29 is 13.2 Å². The highest BCUT2D eigenvalue weighted by Crippen LogP contribution is 2.32. The van der Waals surface area contributed by atoms with E-state index in [0.29, 0.717) is 16.3 Å². The van der Waals surface area contributed by atoms with Crippen LogP contribution in [0.2, 0.25) is 0 Å². The highest BCUT2D eigenvalue weighted by atomic mass is 35.5. The highest BCUT2D eigenvalue weighted by Gasteiger charge is 2.30. The molecule has 3 nitrogen and oxygen atoms in total. The van der Waals surface area contributed by atoms with Crippen molar-refractivity contribution in [1.29, 1.82) is 0 Å². The normalized spacial score (nSPS) is 11.2. The molecule has 0 bridgehead atoms. The zero-order chi connectivity index (χ0) is 14.2. The van der Waals surface area contributed by atoms with Crippen LogP contribution in [0.4, 0.5) is 24.0 Å². The number of pyridine rings is 1. The third kappa shape index (κ3) is 3.43. The van der Waals surface area contributed by atoms with Gasteiger partial charge in [-0.1, -0.05) is 17.4 Å². The van der Waals surface area contributed by atoms with Crippen molar-refractivity contribution in [2.75, 3.05) is 5.32 Å². The molecule has 0 amide bonds. The number of aromatic nitrogens is 2. The average molecular weight is 332 g/mol. The largest absolute Gasteiger partial charge is 0.416 e. The van der Waals surface area contributed by atoms with Crippen LogP contribution in [-0.2, 0) is 6.18 Å². The van der Waals surface area contributed by atoms with E-state index in [2.05, 4.69) is 15.3 Å². The van der Waals surface area contributed by atoms with Crippen LogP contribution >= 0.6 is 23.7 Å². The Morgan fingerprint density at radius 1 is 1.14 bits per heavy atom. The molecular formula is C13H9ClF3N3S. The summed E-state index contributed by atoms with van der Waals surface area (Å²) in [6.07, 6.45) is -1.09. The molecule has 0 unspecified atom stereocenters. The maximum atomic E-state index is 12.6. The number of halogens is 4. The number of fused-ring (bicyclic) bond motifs is 1. The van der Waals surface area contributed by atoms with Gasteiger partial charge in [0.15, 0.2) is 5.13 Å². The fourth-order valence-electron chi connectivity index (χ4n) is 1.73. The summed E-state index contributed by atoms with van der Waals surface area (Å²) >= 11 is 1.36. The number of rotatable bonds is 2. The van der Waals surface area contributed by atoms with E-state index in [1.54, 1.807) is 18.5 Å². The topological polar surface area (TPSA) is 37.8 Å². The predicted molar refractivity (Wildman–Crippen MR) is 79.4 cm³/mol. The van der Waals surface area contributed by atoms with Gasteiger partial charge in [-0.05, 0) is 24.3 Å². The molecule has 0 radical (unpaired) electrons. The summed E-state index contributed by atoms with van der Waals surface area (Å²) in [5, 5.41) is 3.42. The molecule has 0 fully saturated rings. The van der Waals surface area contributed by atoms with E-state index in [-0.39, 0.29) is 12.4 Å². The molecule has 0 aliphatic carbocycles. The minimum absolute atomic E-state index is 0. The molecule has 1 aromatic carbocycles. The number of nitrogens with one attached hydrogen (secondary N) is 1. The lowest BCUT2D eigenvalue weighted by atomic mass is 10.2. The van der Waals surface area contributed by atoms with E-state index < -0.39 is 11.7 Å². The average Bonchev–Trinajstić information content (AvgIpc) is 2.80. The Balaban J connectivity index is 0.00000161. The molecule has 3 aromatic rings. The third-order valence-corrected chi connectivity index (χ3v) is 3.58. The molecule has 21 heavy (non-hydrogen) atoms. The van der Waals surface area contributed by atoms with E-state index in [1.165, 1.54) is 17.4 Å². The van der Waals surface area contributed by atoms with E-state index in [4.69, 9.17) is 0 Å². The summed E-state index contributed by atoms with van der Waals surface area (Å²) in [6.45, 7) is 0. The first-order valence-corrected chi connectivity index (χ1v) is 6.49. The lowest BCUT2D eigenvalue weighted by molar-refractivity contribution is -0.137. The van der Waals surface area contributed by atoms with Gasteiger partial charge in [-0.2, -0.15) is 13.2 Å². The van der Waals surface area contributed by atoms with Gasteiger partial charge in [0.05, 0.1) is 16.5 Å². The summed E-state index contributed by atoms with van der Waals surface area (Å²) in [5.41, 5.74) is 0.379. The van der Waals surface area contributed by atoms with Crippen molar-refractivity contribution in [3.63, 3.8) is 0 Å². The Hall–Kier alpha value is -1.86. The Bertz CT molecular complexity index is 725.